The van der Waals surface area contributed by atoms with E-state index in [9.17, 15) is 4.39 Å². The van der Waals surface area contributed by atoms with Crippen molar-refractivity contribution in [1.29, 1.82) is 0 Å². The number of anilines is 1. The Labute approximate surface area is 182 Å². The number of aromatic nitrogens is 4. The van der Waals surface area contributed by atoms with Crippen LogP contribution in [0.4, 0.5) is 9.52 Å². The van der Waals surface area contributed by atoms with Gasteiger partial charge in [-0.1, -0.05) is 11.3 Å². The average molecular weight is 437 g/mol. The van der Waals surface area contributed by atoms with Crippen molar-refractivity contribution in [2.75, 3.05) is 38.2 Å². The molecule has 0 aliphatic carbocycles. The molecular formula is C22H21FN6OS. The monoisotopic (exact) mass is 436 g/mol. The van der Waals surface area contributed by atoms with Crippen molar-refractivity contribution in [2.45, 2.75) is 0 Å². The van der Waals surface area contributed by atoms with Crippen LogP contribution in [0.3, 0.4) is 0 Å². The molecule has 2 aliphatic heterocycles. The highest BCUT2D eigenvalue weighted by atomic mass is 32.1. The second-order valence-corrected chi connectivity index (χ2v) is 9.00. The molecule has 2 aliphatic rings. The molecule has 3 aromatic heterocycles. The van der Waals surface area contributed by atoms with Crippen molar-refractivity contribution >= 4 is 21.4 Å². The lowest BCUT2D eigenvalue weighted by atomic mass is 10.0. The van der Waals surface area contributed by atoms with Crippen molar-refractivity contribution in [3.8, 4) is 28.4 Å². The van der Waals surface area contributed by atoms with E-state index in [0.29, 0.717) is 17.7 Å². The van der Waals surface area contributed by atoms with Crippen LogP contribution in [0.1, 0.15) is 0 Å². The first-order valence-electron chi connectivity index (χ1n) is 10.3. The predicted molar refractivity (Wildman–Crippen MR) is 118 cm³/mol. The molecule has 1 N–H and O–H groups in total. The summed E-state index contributed by atoms with van der Waals surface area (Å²) in [5.41, 5.74) is 3.36. The van der Waals surface area contributed by atoms with Gasteiger partial charge in [-0.3, -0.25) is 0 Å². The van der Waals surface area contributed by atoms with Gasteiger partial charge in [0.1, 0.15) is 17.2 Å². The molecule has 1 aromatic carbocycles. The number of imidazole rings is 1. The molecule has 0 saturated carbocycles. The van der Waals surface area contributed by atoms with E-state index in [2.05, 4.69) is 15.2 Å². The van der Waals surface area contributed by atoms with Crippen LogP contribution in [0.2, 0.25) is 0 Å². The fourth-order valence-electron chi connectivity index (χ4n) is 4.61. The Bertz CT molecular complexity index is 1240. The minimum absolute atomic E-state index is 0.272. The molecular weight excluding hydrogens is 415 g/mol. The second-order valence-electron chi connectivity index (χ2n) is 8.07. The van der Waals surface area contributed by atoms with Crippen molar-refractivity contribution in [3.05, 3.63) is 48.4 Å². The van der Waals surface area contributed by atoms with E-state index in [1.54, 1.807) is 36.8 Å². The van der Waals surface area contributed by atoms with Gasteiger partial charge < -0.3 is 15.0 Å². The standard InChI is InChI=1S/C22H21FN6OS/c1-30-18-8-14(6-7-25-18)20-19(13-2-4-17(23)5-3-13)26-21-29(20)27-22(31-21)28-11-15-9-24-10-16(15)12-28/h2-8,15-16,24H,9-12H2,1H3/t15-,16+. The number of halogens is 1. The molecule has 2 fully saturated rings. The third kappa shape index (κ3) is 3.16. The van der Waals surface area contributed by atoms with E-state index in [0.717, 1.165) is 58.8 Å². The summed E-state index contributed by atoms with van der Waals surface area (Å²) in [6, 6.07) is 10.2. The number of nitrogens with zero attached hydrogens (tertiary/aromatic N) is 5. The number of fused-ring (bicyclic) bond motifs is 2. The molecule has 4 aromatic rings. The first-order chi connectivity index (χ1) is 15.2. The highest BCUT2D eigenvalue weighted by Crippen LogP contribution is 2.38. The van der Waals surface area contributed by atoms with Gasteiger partial charge in [-0.05, 0) is 42.2 Å². The van der Waals surface area contributed by atoms with Gasteiger partial charge in [0.25, 0.3) is 0 Å². The van der Waals surface area contributed by atoms with Gasteiger partial charge in [0, 0.05) is 49.6 Å². The third-order valence-electron chi connectivity index (χ3n) is 6.19. The zero-order chi connectivity index (χ0) is 20.9. The van der Waals surface area contributed by atoms with Crippen molar-refractivity contribution < 1.29 is 9.13 Å². The van der Waals surface area contributed by atoms with Crippen LogP contribution in [-0.2, 0) is 0 Å². The maximum atomic E-state index is 13.5. The maximum absolute atomic E-state index is 13.5. The summed E-state index contributed by atoms with van der Waals surface area (Å²) >= 11 is 1.60. The molecule has 0 unspecified atom stereocenters. The Morgan fingerprint density at radius 1 is 1.10 bits per heavy atom. The topological polar surface area (TPSA) is 67.6 Å². The Balaban J connectivity index is 1.48. The van der Waals surface area contributed by atoms with Crippen LogP contribution in [0.25, 0.3) is 27.5 Å². The van der Waals surface area contributed by atoms with E-state index >= 15 is 0 Å². The van der Waals surface area contributed by atoms with Gasteiger partial charge >= 0.3 is 0 Å². The molecule has 0 spiro atoms. The summed E-state index contributed by atoms with van der Waals surface area (Å²) in [5, 5.41) is 9.43. The van der Waals surface area contributed by atoms with Crippen LogP contribution >= 0.6 is 11.3 Å². The minimum Gasteiger partial charge on any atom is -0.481 e. The highest BCUT2D eigenvalue weighted by Gasteiger charge is 2.37. The van der Waals surface area contributed by atoms with Crippen LogP contribution in [-0.4, -0.2) is 52.9 Å². The predicted octanol–water partition coefficient (Wildman–Crippen LogP) is 3.32. The Kier molecular flexibility index (Phi) is 4.39. The first kappa shape index (κ1) is 18.7. The van der Waals surface area contributed by atoms with E-state index in [1.807, 2.05) is 16.6 Å². The Morgan fingerprint density at radius 3 is 2.61 bits per heavy atom. The molecule has 0 radical (unpaired) electrons. The summed E-state index contributed by atoms with van der Waals surface area (Å²) in [4.78, 5) is 12.3. The fourth-order valence-corrected chi connectivity index (χ4v) is 5.53. The van der Waals surface area contributed by atoms with Crippen LogP contribution < -0.4 is 15.0 Å². The number of hydrogen-bond donors (Lipinski definition) is 1. The Hall–Kier alpha value is -3.04. The molecule has 7 nitrogen and oxygen atoms in total. The average Bonchev–Trinajstić information content (AvgIpc) is 3.53. The van der Waals surface area contributed by atoms with Gasteiger partial charge in [0.05, 0.1) is 7.11 Å². The summed E-state index contributed by atoms with van der Waals surface area (Å²) in [5.74, 6) is 1.63. The van der Waals surface area contributed by atoms with Crippen molar-refractivity contribution in [3.63, 3.8) is 0 Å². The number of methoxy groups -OCH3 is 1. The first-order valence-corrected chi connectivity index (χ1v) is 11.1. The lowest BCUT2D eigenvalue weighted by Gasteiger charge is -2.15. The number of benzene rings is 1. The number of ether oxygens (including phenoxy) is 1. The van der Waals surface area contributed by atoms with Gasteiger partial charge in [0.2, 0.25) is 16.0 Å². The molecule has 158 valence electrons. The van der Waals surface area contributed by atoms with E-state index in [4.69, 9.17) is 14.8 Å². The molecule has 2 atom stereocenters. The molecule has 0 amide bonds. The molecule has 31 heavy (non-hydrogen) atoms. The highest BCUT2D eigenvalue weighted by molar-refractivity contribution is 7.20. The summed E-state index contributed by atoms with van der Waals surface area (Å²) in [7, 11) is 1.60. The lowest BCUT2D eigenvalue weighted by Crippen LogP contribution is -2.25. The van der Waals surface area contributed by atoms with Crippen molar-refractivity contribution in [1.82, 2.24) is 24.9 Å². The normalized spacial score (nSPS) is 20.5. The van der Waals surface area contributed by atoms with E-state index in [-0.39, 0.29) is 5.82 Å². The summed E-state index contributed by atoms with van der Waals surface area (Å²) in [6.45, 7) is 4.22. The quantitative estimate of drug-likeness (QED) is 0.529. The largest absolute Gasteiger partial charge is 0.481 e. The third-order valence-corrected chi connectivity index (χ3v) is 7.16. The Morgan fingerprint density at radius 2 is 1.87 bits per heavy atom. The molecule has 5 heterocycles. The van der Waals surface area contributed by atoms with Crippen LogP contribution in [0, 0.1) is 17.7 Å². The van der Waals surface area contributed by atoms with E-state index < -0.39 is 0 Å². The maximum Gasteiger partial charge on any atom is 0.215 e. The zero-order valence-electron chi connectivity index (χ0n) is 17.0. The fraction of sp³-hybridized carbons (Fsp3) is 0.318. The van der Waals surface area contributed by atoms with Gasteiger partial charge in [0.15, 0.2) is 0 Å². The van der Waals surface area contributed by atoms with Gasteiger partial charge in [-0.15, -0.1) is 5.10 Å². The molecule has 2 saturated heterocycles. The van der Waals surface area contributed by atoms with Crippen molar-refractivity contribution in [2.24, 2.45) is 11.8 Å². The lowest BCUT2D eigenvalue weighted by molar-refractivity contribution is 0.398. The van der Waals surface area contributed by atoms with Gasteiger partial charge in [-0.2, -0.15) is 0 Å². The van der Waals surface area contributed by atoms with Gasteiger partial charge in [-0.25, -0.2) is 18.9 Å². The molecule has 0 bridgehead atoms. The number of pyridine rings is 1. The summed E-state index contributed by atoms with van der Waals surface area (Å²) in [6.07, 6.45) is 1.71. The smallest absolute Gasteiger partial charge is 0.215 e. The minimum atomic E-state index is -0.272. The number of rotatable bonds is 4. The summed E-state index contributed by atoms with van der Waals surface area (Å²) < 4.78 is 20.8. The molecule has 6 rings (SSSR count). The number of hydrogen-bond acceptors (Lipinski definition) is 7. The van der Waals surface area contributed by atoms with Crippen LogP contribution in [0.5, 0.6) is 5.88 Å². The van der Waals surface area contributed by atoms with Crippen LogP contribution in [0.15, 0.2) is 42.6 Å². The zero-order valence-corrected chi connectivity index (χ0v) is 17.8. The molecule has 9 heteroatoms. The number of nitrogens with one attached hydrogen (secondary N) is 1. The second kappa shape index (κ2) is 7.28. The van der Waals surface area contributed by atoms with E-state index in [1.165, 1.54) is 12.1 Å². The SMILES string of the molecule is COc1cc(-c2c(-c3ccc(F)cc3)nc3sc(N4C[C@H]5CNC[C@H]5C4)nn23)ccn1.